The van der Waals surface area contributed by atoms with Gasteiger partial charge >= 0.3 is 5.97 Å². The molecule has 1 amide bonds. The highest BCUT2D eigenvalue weighted by Gasteiger charge is 2.29. The van der Waals surface area contributed by atoms with Crippen molar-refractivity contribution in [1.82, 2.24) is 10.2 Å². The van der Waals surface area contributed by atoms with Crippen LogP contribution in [0.1, 0.15) is 70.7 Å². The molecule has 0 aromatic heterocycles. The smallest absolute Gasteiger partial charge is 0.328 e. The molecule has 0 aliphatic carbocycles. The maximum Gasteiger partial charge on any atom is 0.328 e. The standard InChI is InChI=1S/C27H31N3O5/c1-6-35-23-12-18-14-30(25(28)19(18)13-20(23)26(34)29-5)15-22(31)17-8-7-16(9-10-24(32)33)21(11-17)27(2,3)4/h7-13,28H,6,14-15H2,1-5H3,(H,29,34)(H,32,33). The lowest BCUT2D eigenvalue weighted by Crippen LogP contribution is -2.30. The fourth-order valence-electron chi connectivity index (χ4n) is 4.10. The number of carboxylic acid groups (broad SMARTS) is 1. The van der Waals surface area contributed by atoms with Crippen molar-refractivity contribution in [2.75, 3.05) is 20.2 Å². The summed E-state index contributed by atoms with van der Waals surface area (Å²) in [6.45, 7) is 8.60. The summed E-state index contributed by atoms with van der Waals surface area (Å²) in [5.74, 6) is -0.863. The van der Waals surface area contributed by atoms with E-state index in [0.29, 0.717) is 35.6 Å². The van der Waals surface area contributed by atoms with Crippen LogP contribution in [0.25, 0.3) is 6.08 Å². The predicted molar refractivity (Wildman–Crippen MR) is 134 cm³/mol. The van der Waals surface area contributed by atoms with Crippen LogP contribution in [-0.2, 0) is 16.8 Å². The third-order valence-corrected chi connectivity index (χ3v) is 5.83. The number of benzene rings is 2. The van der Waals surface area contributed by atoms with Gasteiger partial charge < -0.3 is 20.1 Å². The quantitative estimate of drug-likeness (QED) is 0.392. The summed E-state index contributed by atoms with van der Waals surface area (Å²) in [6, 6.07) is 8.65. The number of amides is 1. The molecule has 1 aliphatic rings. The number of aliphatic carboxylic acids is 1. The van der Waals surface area contributed by atoms with E-state index < -0.39 is 5.97 Å². The first kappa shape index (κ1) is 25.7. The Labute approximate surface area is 205 Å². The highest BCUT2D eigenvalue weighted by atomic mass is 16.5. The van der Waals surface area contributed by atoms with Gasteiger partial charge in [-0.3, -0.25) is 15.0 Å². The van der Waals surface area contributed by atoms with Gasteiger partial charge in [0.2, 0.25) is 0 Å². The molecule has 2 aromatic rings. The summed E-state index contributed by atoms with van der Waals surface area (Å²) in [5, 5.41) is 20.2. The molecule has 1 heterocycles. The fraction of sp³-hybridized carbons (Fsp3) is 0.333. The largest absolute Gasteiger partial charge is 0.493 e. The normalized spacial score (nSPS) is 13.2. The lowest BCUT2D eigenvalue weighted by Gasteiger charge is -2.23. The molecule has 0 spiro atoms. The molecular weight excluding hydrogens is 446 g/mol. The minimum Gasteiger partial charge on any atom is -0.493 e. The summed E-state index contributed by atoms with van der Waals surface area (Å²) < 4.78 is 5.64. The molecule has 0 saturated heterocycles. The average molecular weight is 478 g/mol. The highest BCUT2D eigenvalue weighted by molar-refractivity contribution is 6.07. The van der Waals surface area contributed by atoms with E-state index in [1.807, 2.05) is 27.7 Å². The molecule has 3 N–H and O–H groups in total. The maximum atomic E-state index is 13.2. The molecular formula is C27H31N3O5. The van der Waals surface area contributed by atoms with Gasteiger partial charge in [-0.2, -0.15) is 0 Å². The molecule has 1 aliphatic heterocycles. The molecule has 8 nitrogen and oxygen atoms in total. The number of carboxylic acids is 1. The summed E-state index contributed by atoms with van der Waals surface area (Å²) in [5.41, 5.74) is 3.56. The number of ketones is 1. The average Bonchev–Trinajstić information content (AvgIpc) is 3.10. The van der Waals surface area contributed by atoms with Crippen molar-refractivity contribution < 1.29 is 24.2 Å². The van der Waals surface area contributed by atoms with Gasteiger partial charge in [0.15, 0.2) is 5.78 Å². The Morgan fingerprint density at radius 2 is 1.91 bits per heavy atom. The van der Waals surface area contributed by atoms with Crippen LogP contribution in [0.2, 0.25) is 0 Å². The van der Waals surface area contributed by atoms with E-state index in [4.69, 9.17) is 15.3 Å². The van der Waals surface area contributed by atoms with Gasteiger partial charge in [-0.15, -0.1) is 0 Å². The lowest BCUT2D eigenvalue weighted by atomic mass is 9.82. The molecule has 2 aromatic carbocycles. The van der Waals surface area contributed by atoms with Crippen molar-refractivity contribution in [3.8, 4) is 5.75 Å². The van der Waals surface area contributed by atoms with E-state index in [2.05, 4.69) is 5.32 Å². The second-order valence-electron chi connectivity index (χ2n) is 9.37. The minimum absolute atomic E-state index is 0.000678. The number of nitrogens with zero attached hydrogens (tertiary/aromatic N) is 1. The Kier molecular flexibility index (Phi) is 7.43. The number of fused-ring (bicyclic) bond motifs is 1. The zero-order valence-electron chi connectivity index (χ0n) is 20.7. The first-order chi connectivity index (χ1) is 16.5. The predicted octanol–water partition coefficient (Wildman–Crippen LogP) is 3.86. The van der Waals surface area contributed by atoms with Gasteiger partial charge in [0.05, 0.1) is 18.7 Å². The number of hydrogen-bond donors (Lipinski definition) is 3. The summed E-state index contributed by atoms with van der Waals surface area (Å²) in [4.78, 5) is 38.2. The number of amidine groups is 1. The molecule has 0 unspecified atom stereocenters. The number of Topliss-reactive ketones (excluding diaryl/α,β-unsaturated/α-hetero) is 1. The van der Waals surface area contributed by atoms with Crippen molar-refractivity contribution in [1.29, 1.82) is 5.41 Å². The van der Waals surface area contributed by atoms with Crippen LogP contribution in [0.4, 0.5) is 0 Å². The lowest BCUT2D eigenvalue weighted by molar-refractivity contribution is -0.131. The monoisotopic (exact) mass is 477 g/mol. The van der Waals surface area contributed by atoms with E-state index in [-0.39, 0.29) is 29.5 Å². The number of carbonyl (C=O) groups excluding carboxylic acids is 2. The molecule has 184 valence electrons. The summed E-state index contributed by atoms with van der Waals surface area (Å²) in [7, 11) is 1.54. The van der Waals surface area contributed by atoms with Gasteiger partial charge in [0, 0.05) is 30.8 Å². The molecule has 0 radical (unpaired) electrons. The van der Waals surface area contributed by atoms with Crippen molar-refractivity contribution in [3.63, 3.8) is 0 Å². The summed E-state index contributed by atoms with van der Waals surface area (Å²) in [6.07, 6.45) is 2.61. The van der Waals surface area contributed by atoms with Crippen LogP contribution < -0.4 is 10.1 Å². The van der Waals surface area contributed by atoms with Gasteiger partial charge in [-0.25, -0.2) is 4.79 Å². The number of carbonyl (C=O) groups is 3. The fourth-order valence-corrected chi connectivity index (χ4v) is 4.10. The van der Waals surface area contributed by atoms with Crippen molar-refractivity contribution in [3.05, 3.63) is 69.8 Å². The van der Waals surface area contributed by atoms with Gasteiger partial charge in [0.1, 0.15) is 11.6 Å². The first-order valence-corrected chi connectivity index (χ1v) is 11.4. The second kappa shape index (κ2) is 10.1. The Bertz CT molecular complexity index is 1220. The van der Waals surface area contributed by atoms with Crippen LogP contribution >= 0.6 is 0 Å². The molecule has 3 rings (SSSR count). The van der Waals surface area contributed by atoms with Gasteiger partial charge in [-0.05, 0) is 53.3 Å². The maximum absolute atomic E-state index is 13.2. The third kappa shape index (κ3) is 5.59. The topological polar surface area (TPSA) is 120 Å². The molecule has 8 heteroatoms. The number of ether oxygens (including phenoxy) is 1. The molecule has 0 atom stereocenters. The van der Waals surface area contributed by atoms with Crippen LogP contribution in [0.3, 0.4) is 0 Å². The van der Waals surface area contributed by atoms with E-state index in [1.54, 1.807) is 35.2 Å². The van der Waals surface area contributed by atoms with Crippen molar-refractivity contribution in [2.24, 2.45) is 0 Å². The van der Waals surface area contributed by atoms with Crippen molar-refractivity contribution >= 4 is 29.6 Å². The molecule has 0 fully saturated rings. The Morgan fingerprint density at radius 1 is 1.20 bits per heavy atom. The SMILES string of the molecule is CCOc1cc2c(cc1C(=O)NC)C(=N)N(CC(=O)c1ccc(C=CC(=O)O)c(C(C)(C)C)c1)C2. The van der Waals surface area contributed by atoms with Crippen LogP contribution in [0, 0.1) is 5.41 Å². The Morgan fingerprint density at radius 3 is 2.51 bits per heavy atom. The number of hydrogen-bond acceptors (Lipinski definition) is 5. The first-order valence-electron chi connectivity index (χ1n) is 11.4. The molecule has 0 bridgehead atoms. The van der Waals surface area contributed by atoms with Gasteiger partial charge in [-0.1, -0.05) is 32.9 Å². The second-order valence-corrected chi connectivity index (χ2v) is 9.37. The molecule has 35 heavy (non-hydrogen) atoms. The minimum atomic E-state index is -1.04. The molecule has 0 saturated carbocycles. The van der Waals surface area contributed by atoms with E-state index in [0.717, 1.165) is 22.8 Å². The zero-order chi connectivity index (χ0) is 25.9. The zero-order valence-corrected chi connectivity index (χ0v) is 20.7. The van der Waals surface area contributed by atoms with Crippen LogP contribution in [-0.4, -0.2) is 53.7 Å². The Hall–Kier alpha value is -3.94. The van der Waals surface area contributed by atoms with Crippen molar-refractivity contribution in [2.45, 2.75) is 39.7 Å². The van der Waals surface area contributed by atoms with Crippen LogP contribution in [0.5, 0.6) is 5.75 Å². The van der Waals surface area contributed by atoms with E-state index in [9.17, 15) is 14.4 Å². The third-order valence-electron chi connectivity index (χ3n) is 5.83. The highest BCUT2D eigenvalue weighted by Crippen LogP contribution is 2.32. The Balaban J connectivity index is 1.88. The van der Waals surface area contributed by atoms with E-state index in [1.165, 1.54) is 13.1 Å². The number of rotatable bonds is 8. The van der Waals surface area contributed by atoms with E-state index >= 15 is 0 Å². The van der Waals surface area contributed by atoms with Crippen LogP contribution in [0.15, 0.2) is 36.4 Å². The van der Waals surface area contributed by atoms with Gasteiger partial charge in [0.25, 0.3) is 5.91 Å². The summed E-state index contributed by atoms with van der Waals surface area (Å²) >= 11 is 0. The number of nitrogens with one attached hydrogen (secondary N) is 2.